The number of aryl methyl sites for hydroxylation is 1. The smallest absolute Gasteiger partial charge is 0.243 e. The predicted octanol–water partition coefficient (Wildman–Crippen LogP) is 2.61. The third kappa shape index (κ3) is 6.39. The van der Waals surface area contributed by atoms with Crippen molar-refractivity contribution in [2.45, 2.75) is 25.8 Å². The zero-order valence-corrected chi connectivity index (χ0v) is 18.0. The Bertz CT molecular complexity index is 896. The van der Waals surface area contributed by atoms with Crippen molar-refractivity contribution in [2.75, 3.05) is 31.3 Å². The summed E-state index contributed by atoms with van der Waals surface area (Å²) in [5, 5.41) is 2.83. The number of hydrogen-bond donors (Lipinski definition) is 1. The van der Waals surface area contributed by atoms with Crippen molar-refractivity contribution >= 4 is 21.6 Å². The van der Waals surface area contributed by atoms with Crippen LogP contribution < -0.4 is 19.1 Å². The number of methoxy groups -OCH3 is 2. The van der Waals surface area contributed by atoms with E-state index < -0.39 is 16.1 Å². The summed E-state index contributed by atoms with van der Waals surface area (Å²) in [7, 11) is -0.487. The summed E-state index contributed by atoms with van der Waals surface area (Å²) >= 11 is 0. The Morgan fingerprint density at radius 3 is 2.00 bits per heavy atom. The molecular weight excluding hydrogens is 392 g/mol. The van der Waals surface area contributed by atoms with E-state index in [0.29, 0.717) is 18.0 Å². The third-order valence-electron chi connectivity index (χ3n) is 4.52. The zero-order valence-electron chi connectivity index (χ0n) is 17.2. The average Bonchev–Trinajstić information content (AvgIpc) is 2.71. The molecule has 0 aliphatic rings. The lowest BCUT2D eigenvalue weighted by molar-refractivity contribution is -0.121. The Hall–Kier alpha value is -2.74. The van der Waals surface area contributed by atoms with Crippen LogP contribution in [0.2, 0.25) is 0 Å². The first-order chi connectivity index (χ1) is 13.8. The number of carbonyl (C=O) groups excluding carboxylic acids is 1. The number of amides is 1. The fourth-order valence-corrected chi connectivity index (χ4v) is 4.16. The van der Waals surface area contributed by atoms with Crippen LogP contribution in [0.5, 0.6) is 11.5 Å². The van der Waals surface area contributed by atoms with Gasteiger partial charge in [-0.05, 0) is 61.7 Å². The number of rotatable bonds is 10. The van der Waals surface area contributed by atoms with Gasteiger partial charge in [-0.25, -0.2) is 8.42 Å². The maximum atomic E-state index is 12.6. The second-order valence-corrected chi connectivity index (χ2v) is 8.53. The van der Waals surface area contributed by atoms with Gasteiger partial charge in [-0.3, -0.25) is 9.10 Å². The van der Waals surface area contributed by atoms with Gasteiger partial charge in [-0.15, -0.1) is 0 Å². The highest BCUT2D eigenvalue weighted by molar-refractivity contribution is 7.92. The van der Waals surface area contributed by atoms with Crippen molar-refractivity contribution in [3.8, 4) is 11.5 Å². The Morgan fingerprint density at radius 2 is 1.52 bits per heavy atom. The van der Waals surface area contributed by atoms with Crippen molar-refractivity contribution in [1.29, 1.82) is 0 Å². The highest BCUT2D eigenvalue weighted by Gasteiger charge is 2.28. The first kappa shape index (κ1) is 22.5. The van der Waals surface area contributed by atoms with Gasteiger partial charge in [-0.2, -0.15) is 0 Å². The normalized spacial score (nSPS) is 12.1. The van der Waals surface area contributed by atoms with Crippen molar-refractivity contribution in [3.63, 3.8) is 0 Å². The SMILES string of the molecule is COc1ccc(CCCNC(=O)[C@H](C)N(c2ccc(OC)cc2)S(C)(=O)=O)cc1. The molecular formula is C21H28N2O5S. The Kier molecular flexibility index (Phi) is 7.90. The lowest BCUT2D eigenvalue weighted by atomic mass is 10.1. The quantitative estimate of drug-likeness (QED) is 0.597. The Morgan fingerprint density at radius 1 is 1.00 bits per heavy atom. The number of carbonyl (C=O) groups is 1. The van der Waals surface area contributed by atoms with Gasteiger partial charge in [0.15, 0.2) is 0 Å². The van der Waals surface area contributed by atoms with Crippen LogP contribution in [0.15, 0.2) is 48.5 Å². The molecule has 2 aromatic rings. The molecule has 8 heteroatoms. The van der Waals surface area contributed by atoms with Crippen LogP contribution in [0.1, 0.15) is 18.9 Å². The van der Waals surface area contributed by atoms with Crippen LogP contribution in [0, 0.1) is 0 Å². The first-order valence-electron chi connectivity index (χ1n) is 9.30. The maximum Gasteiger partial charge on any atom is 0.243 e. The number of anilines is 1. The lowest BCUT2D eigenvalue weighted by Gasteiger charge is -2.28. The molecule has 0 saturated heterocycles. The molecule has 1 atom stereocenters. The van der Waals surface area contributed by atoms with Gasteiger partial charge in [0.1, 0.15) is 17.5 Å². The molecule has 158 valence electrons. The number of sulfonamides is 1. The second kappa shape index (κ2) is 10.2. The zero-order chi connectivity index (χ0) is 21.4. The average molecular weight is 421 g/mol. The van der Waals surface area contributed by atoms with Crippen molar-refractivity contribution in [3.05, 3.63) is 54.1 Å². The van der Waals surface area contributed by atoms with Gasteiger partial charge in [0.2, 0.25) is 15.9 Å². The van der Waals surface area contributed by atoms with E-state index in [1.165, 1.54) is 7.11 Å². The topological polar surface area (TPSA) is 84.9 Å². The molecule has 0 aromatic heterocycles. The number of nitrogens with one attached hydrogen (secondary N) is 1. The Balaban J connectivity index is 1.95. The van der Waals surface area contributed by atoms with E-state index >= 15 is 0 Å². The highest BCUT2D eigenvalue weighted by Crippen LogP contribution is 2.23. The van der Waals surface area contributed by atoms with Gasteiger partial charge in [0, 0.05) is 6.54 Å². The van der Waals surface area contributed by atoms with Gasteiger partial charge < -0.3 is 14.8 Å². The summed E-state index contributed by atoms with van der Waals surface area (Å²) in [5.41, 5.74) is 1.55. The minimum atomic E-state index is -3.64. The van der Waals surface area contributed by atoms with Crippen LogP contribution in [0.3, 0.4) is 0 Å². The van der Waals surface area contributed by atoms with Crippen LogP contribution >= 0.6 is 0 Å². The van der Waals surface area contributed by atoms with E-state index in [1.54, 1.807) is 38.3 Å². The van der Waals surface area contributed by atoms with Crippen molar-refractivity contribution in [2.24, 2.45) is 0 Å². The molecule has 0 bridgehead atoms. The number of nitrogens with zero attached hydrogens (tertiary/aromatic N) is 1. The summed E-state index contributed by atoms with van der Waals surface area (Å²) in [4.78, 5) is 12.6. The van der Waals surface area contributed by atoms with E-state index in [0.717, 1.165) is 34.7 Å². The second-order valence-electron chi connectivity index (χ2n) is 6.68. The fraction of sp³-hybridized carbons (Fsp3) is 0.381. The number of ether oxygens (including phenoxy) is 2. The van der Waals surface area contributed by atoms with E-state index in [4.69, 9.17) is 9.47 Å². The van der Waals surface area contributed by atoms with Gasteiger partial charge >= 0.3 is 0 Å². The molecule has 0 saturated carbocycles. The molecule has 0 aliphatic carbocycles. The van der Waals surface area contributed by atoms with Gasteiger partial charge in [0.05, 0.1) is 26.2 Å². The molecule has 0 heterocycles. The lowest BCUT2D eigenvalue weighted by Crippen LogP contribution is -2.48. The molecule has 2 rings (SSSR count). The van der Waals surface area contributed by atoms with Crippen LogP contribution in [-0.2, 0) is 21.2 Å². The number of hydrogen-bond acceptors (Lipinski definition) is 5. The van der Waals surface area contributed by atoms with Crippen molar-refractivity contribution in [1.82, 2.24) is 5.32 Å². The van der Waals surface area contributed by atoms with Crippen LogP contribution in [0.25, 0.3) is 0 Å². The molecule has 1 N–H and O–H groups in total. The monoisotopic (exact) mass is 420 g/mol. The minimum absolute atomic E-state index is 0.346. The molecule has 29 heavy (non-hydrogen) atoms. The molecule has 0 radical (unpaired) electrons. The summed E-state index contributed by atoms with van der Waals surface area (Å²) in [6.45, 7) is 2.03. The van der Waals surface area contributed by atoms with Gasteiger partial charge in [-0.1, -0.05) is 12.1 Å². The van der Waals surface area contributed by atoms with E-state index in [1.807, 2.05) is 24.3 Å². The summed E-state index contributed by atoms with van der Waals surface area (Å²) in [6.07, 6.45) is 2.63. The fourth-order valence-electron chi connectivity index (χ4n) is 2.98. The van der Waals surface area contributed by atoms with E-state index in [9.17, 15) is 13.2 Å². The van der Waals surface area contributed by atoms with Crippen molar-refractivity contribution < 1.29 is 22.7 Å². The Labute approximate surface area is 172 Å². The molecule has 0 aliphatic heterocycles. The number of benzene rings is 2. The van der Waals surface area contributed by atoms with Crippen LogP contribution in [-0.4, -0.2) is 47.4 Å². The first-order valence-corrected chi connectivity index (χ1v) is 11.1. The van der Waals surface area contributed by atoms with E-state index in [2.05, 4.69) is 5.32 Å². The van der Waals surface area contributed by atoms with Gasteiger partial charge in [0.25, 0.3) is 0 Å². The molecule has 7 nitrogen and oxygen atoms in total. The summed E-state index contributed by atoms with van der Waals surface area (Å²) in [5.74, 6) is 1.06. The molecule has 2 aromatic carbocycles. The molecule has 1 amide bonds. The molecule has 0 spiro atoms. The summed E-state index contributed by atoms with van der Waals surface area (Å²) < 4.78 is 36.0. The molecule has 0 fully saturated rings. The van der Waals surface area contributed by atoms with E-state index in [-0.39, 0.29) is 5.91 Å². The summed E-state index contributed by atoms with van der Waals surface area (Å²) in [6, 6.07) is 13.4. The highest BCUT2D eigenvalue weighted by atomic mass is 32.2. The largest absolute Gasteiger partial charge is 0.497 e. The maximum absolute atomic E-state index is 12.6. The van der Waals surface area contributed by atoms with Crippen LogP contribution in [0.4, 0.5) is 5.69 Å². The minimum Gasteiger partial charge on any atom is -0.497 e. The standard InChI is InChI=1S/C21H28N2O5S/c1-16(23(29(4,25)26)18-9-13-20(28-3)14-10-18)21(24)22-15-5-6-17-7-11-19(27-2)12-8-17/h7-14,16H,5-6,15H2,1-4H3,(H,22,24)/t16-/m0/s1. The molecule has 0 unspecified atom stereocenters. The third-order valence-corrected chi connectivity index (χ3v) is 5.76. The predicted molar refractivity (Wildman–Crippen MR) is 114 cm³/mol.